The summed E-state index contributed by atoms with van der Waals surface area (Å²) in [4.78, 5) is 25.2. The number of aliphatic carboxylic acids is 1. The van der Waals surface area contributed by atoms with Crippen LogP contribution in [-0.4, -0.2) is 55.2 Å². The second-order valence-electron chi connectivity index (χ2n) is 6.03. The third-order valence-electron chi connectivity index (χ3n) is 4.25. The Balaban J connectivity index is 1.64. The van der Waals surface area contributed by atoms with Gasteiger partial charge in [-0.25, -0.2) is 4.68 Å². The second-order valence-corrected chi connectivity index (χ2v) is 6.03. The number of likely N-dealkylation sites (tertiary alicyclic amines) is 1. The molecule has 120 valence electrons. The number of carboxylic acid groups (broad SMARTS) is 1. The van der Waals surface area contributed by atoms with Gasteiger partial charge in [-0.05, 0) is 41.5 Å². The molecule has 2 heterocycles. The molecule has 1 aliphatic rings. The molecule has 1 unspecified atom stereocenters. The Hall–Kier alpha value is -2.77. The molecule has 0 bridgehead atoms. The summed E-state index contributed by atoms with van der Waals surface area (Å²) in [6.45, 7) is 2.44. The van der Waals surface area contributed by atoms with E-state index >= 15 is 0 Å². The number of rotatable bonds is 4. The monoisotopic (exact) mass is 315 g/mol. The molecule has 1 atom stereocenters. The number of carboxylic acids is 1. The molecule has 1 fully saturated rings. The summed E-state index contributed by atoms with van der Waals surface area (Å²) in [5, 5.41) is 20.2. The molecule has 1 N–H and O–H groups in total. The third-order valence-corrected chi connectivity index (χ3v) is 4.25. The van der Waals surface area contributed by atoms with Crippen molar-refractivity contribution in [3.8, 4) is 5.69 Å². The molecule has 1 aromatic carbocycles. The molecule has 0 saturated carbocycles. The van der Waals surface area contributed by atoms with E-state index in [1.165, 1.54) is 11.0 Å². The minimum atomic E-state index is -0.849. The number of benzene rings is 1. The average molecular weight is 315 g/mol. The van der Waals surface area contributed by atoms with Gasteiger partial charge in [0.25, 0.3) is 0 Å². The van der Waals surface area contributed by atoms with Crippen molar-refractivity contribution in [2.45, 2.75) is 19.8 Å². The highest BCUT2D eigenvalue weighted by atomic mass is 16.4. The van der Waals surface area contributed by atoms with Gasteiger partial charge in [-0.2, -0.15) is 0 Å². The number of nitrogens with zero attached hydrogens (tertiary/aromatic N) is 5. The first kappa shape index (κ1) is 15.1. The lowest BCUT2D eigenvalue weighted by molar-refractivity contribution is -0.147. The summed E-state index contributed by atoms with van der Waals surface area (Å²) in [5.74, 6) is -0.899. The van der Waals surface area contributed by atoms with Gasteiger partial charge >= 0.3 is 5.97 Å². The number of tetrazole rings is 1. The van der Waals surface area contributed by atoms with Crippen LogP contribution in [0.25, 0.3) is 5.69 Å². The highest BCUT2D eigenvalue weighted by Gasteiger charge is 2.41. The first-order valence-corrected chi connectivity index (χ1v) is 7.31. The Morgan fingerprint density at radius 1 is 1.30 bits per heavy atom. The lowest BCUT2D eigenvalue weighted by atomic mass is 9.90. The molecular weight excluding hydrogens is 298 g/mol. The van der Waals surface area contributed by atoms with Gasteiger partial charge in [0.15, 0.2) is 0 Å². The first-order chi connectivity index (χ1) is 11.0. The smallest absolute Gasteiger partial charge is 0.311 e. The predicted molar refractivity (Wildman–Crippen MR) is 79.8 cm³/mol. The minimum Gasteiger partial charge on any atom is -0.481 e. The van der Waals surface area contributed by atoms with Crippen molar-refractivity contribution in [3.63, 3.8) is 0 Å². The van der Waals surface area contributed by atoms with Crippen molar-refractivity contribution in [3.05, 3.63) is 36.2 Å². The summed E-state index contributed by atoms with van der Waals surface area (Å²) in [5.41, 5.74) is 0.848. The molecule has 0 aliphatic carbocycles. The van der Waals surface area contributed by atoms with Crippen molar-refractivity contribution in [1.29, 1.82) is 0 Å². The number of carbonyl (C=O) groups excluding carboxylic acids is 1. The largest absolute Gasteiger partial charge is 0.481 e. The zero-order chi connectivity index (χ0) is 16.4. The summed E-state index contributed by atoms with van der Waals surface area (Å²) in [7, 11) is 0. The SMILES string of the molecule is CC1(C(=O)O)CCN(C(=O)Cc2ccc(-n3cnnn3)cc2)C1. The van der Waals surface area contributed by atoms with Crippen molar-refractivity contribution in [2.24, 2.45) is 5.41 Å². The van der Waals surface area contributed by atoms with Crippen LogP contribution in [0.2, 0.25) is 0 Å². The molecule has 8 heteroatoms. The molecule has 1 amide bonds. The summed E-state index contributed by atoms with van der Waals surface area (Å²) < 4.78 is 1.53. The third kappa shape index (κ3) is 3.05. The maximum Gasteiger partial charge on any atom is 0.311 e. The Morgan fingerprint density at radius 3 is 2.61 bits per heavy atom. The normalized spacial score (nSPS) is 20.7. The van der Waals surface area contributed by atoms with Crippen LogP contribution in [0.1, 0.15) is 18.9 Å². The van der Waals surface area contributed by atoms with Gasteiger partial charge in [-0.3, -0.25) is 9.59 Å². The van der Waals surface area contributed by atoms with E-state index in [-0.39, 0.29) is 18.9 Å². The first-order valence-electron chi connectivity index (χ1n) is 7.31. The van der Waals surface area contributed by atoms with Gasteiger partial charge in [0, 0.05) is 13.1 Å². The van der Waals surface area contributed by atoms with Gasteiger partial charge in [0.2, 0.25) is 5.91 Å². The van der Waals surface area contributed by atoms with Gasteiger partial charge in [0.05, 0.1) is 17.5 Å². The number of amides is 1. The lowest BCUT2D eigenvalue weighted by Gasteiger charge is -2.20. The zero-order valence-electron chi connectivity index (χ0n) is 12.7. The van der Waals surface area contributed by atoms with Gasteiger partial charge < -0.3 is 10.0 Å². The number of aromatic nitrogens is 4. The molecule has 2 aromatic rings. The zero-order valence-corrected chi connectivity index (χ0v) is 12.7. The minimum absolute atomic E-state index is 0.0508. The molecular formula is C15H17N5O3. The lowest BCUT2D eigenvalue weighted by Crippen LogP contribution is -2.35. The Morgan fingerprint density at radius 2 is 2.04 bits per heavy atom. The topological polar surface area (TPSA) is 101 Å². The van der Waals surface area contributed by atoms with Gasteiger partial charge in [-0.15, -0.1) is 5.10 Å². The van der Waals surface area contributed by atoms with Crippen LogP contribution in [0, 0.1) is 5.41 Å². The second kappa shape index (κ2) is 5.79. The van der Waals surface area contributed by atoms with Crippen molar-refractivity contribution < 1.29 is 14.7 Å². The van der Waals surface area contributed by atoms with Crippen LogP contribution < -0.4 is 0 Å². The van der Waals surface area contributed by atoms with Crippen molar-refractivity contribution >= 4 is 11.9 Å². The highest BCUT2D eigenvalue weighted by Crippen LogP contribution is 2.30. The standard InChI is InChI=1S/C15H17N5O3/c1-15(14(22)23)6-7-19(9-15)13(21)8-11-2-4-12(5-3-11)20-10-16-17-18-20/h2-5,10H,6-9H2,1H3,(H,22,23). The summed E-state index contributed by atoms with van der Waals surface area (Å²) in [6, 6.07) is 7.37. The van der Waals surface area contributed by atoms with Crippen LogP contribution in [-0.2, 0) is 16.0 Å². The molecule has 0 spiro atoms. The van der Waals surface area contributed by atoms with Gasteiger partial charge in [0.1, 0.15) is 6.33 Å². The highest BCUT2D eigenvalue weighted by molar-refractivity contribution is 5.82. The van der Waals surface area contributed by atoms with Crippen LogP contribution in [0.4, 0.5) is 0 Å². The van der Waals surface area contributed by atoms with Crippen molar-refractivity contribution in [2.75, 3.05) is 13.1 Å². The molecule has 8 nitrogen and oxygen atoms in total. The number of carbonyl (C=O) groups is 2. The molecule has 1 aliphatic heterocycles. The molecule has 1 aromatic heterocycles. The van der Waals surface area contributed by atoms with Crippen LogP contribution in [0.15, 0.2) is 30.6 Å². The maximum atomic E-state index is 12.3. The fraction of sp³-hybridized carbons (Fsp3) is 0.400. The van der Waals surface area contributed by atoms with E-state index in [0.717, 1.165) is 11.3 Å². The number of hydrogen-bond donors (Lipinski definition) is 1. The number of hydrogen-bond acceptors (Lipinski definition) is 5. The van der Waals surface area contributed by atoms with E-state index in [1.807, 2.05) is 24.3 Å². The van der Waals surface area contributed by atoms with E-state index in [9.17, 15) is 14.7 Å². The van der Waals surface area contributed by atoms with Gasteiger partial charge in [-0.1, -0.05) is 12.1 Å². The van der Waals surface area contributed by atoms with E-state index in [4.69, 9.17) is 0 Å². The predicted octanol–water partition coefficient (Wildman–Crippen LogP) is 0.528. The fourth-order valence-electron chi connectivity index (χ4n) is 2.68. The van der Waals surface area contributed by atoms with Crippen molar-refractivity contribution in [1.82, 2.24) is 25.1 Å². The Kier molecular flexibility index (Phi) is 3.81. The van der Waals surface area contributed by atoms with E-state index < -0.39 is 11.4 Å². The van der Waals surface area contributed by atoms with Crippen LogP contribution >= 0.6 is 0 Å². The molecule has 3 rings (SSSR count). The maximum absolute atomic E-state index is 12.3. The van der Waals surface area contributed by atoms with E-state index in [2.05, 4.69) is 15.5 Å². The summed E-state index contributed by atoms with van der Waals surface area (Å²) in [6.07, 6.45) is 2.25. The Labute approximate surface area is 132 Å². The molecule has 0 radical (unpaired) electrons. The van der Waals surface area contributed by atoms with E-state index in [1.54, 1.807) is 11.8 Å². The Bertz CT molecular complexity index is 713. The van der Waals surface area contributed by atoms with E-state index in [0.29, 0.717) is 13.0 Å². The quantitative estimate of drug-likeness (QED) is 0.883. The van der Waals surface area contributed by atoms with Crippen LogP contribution in [0.3, 0.4) is 0 Å². The molecule has 1 saturated heterocycles. The fourth-order valence-corrected chi connectivity index (χ4v) is 2.68. The van der Waals surface area contributed by atoms with Crippen LogP contribution in [0.5, 0.6) is 0 Å². The molecule has 23 heavy (non-hydrogen) atoms. The average Bonchev–Trinajstić information content (AvgIpc) is 3.18. The summed E-state index contributed by atoms with van der Waals surface area (Å²) >= 11 is 0.